The van der Waals surface area contributed by atoms with Gasteiger partial charge in [-0.05, 0) is 94.0 Å². The van der Waals surface area contributed by atoms with Crippen molar-refractivity contribution in [3.63, 3.8) is 0 Å². The molecule has 11 rings (SSSR count). The van der Waals surface area contributed by atoms with Crippen LogP contribution in [0.25, 0.3) is 109 Å². The van der Waals surface area contributed by atoms with Crippen LogP contribution in [0.4, 0.5) is 0 Å². The molecule has 0 spiro atoms. The summed E-state index contributed by atoms with van der Waals surface area (Å²) in [5.41, 5.74) is 9.36. The van der Waals surface area contributed by atoms with Crippen LogP contribution in [-0.2, 0) is 0 Å². The molecule has 0 N–H and O–H groups in total. The Labute approximate surface area is 294 Å². The van der Waals surface area contributed by atoms with E-state index >= 15 is 0 Å². The van der Waals surface area contributed by atoms with Gasteiger partial charge in [0.05, 0.1) is 0 Å². The molecule has 0 saturated heterocycles. The van der Waals surface area contributed by atoms with E-state index in [-0.39, 0.29) is 0 Å². The fourth-order valence-electron chi connectivity index (χ4n) is 8.68. The molecule has 0 saturated carbocycles. The smallest absolute Gasteiger partial charge is 0.143 e. The Morgan fingerprint density at radius 3 is 1.33 bits per heavy atom. The Kier molecular flexibility index (Phi) is 6.02. The van der Waals surface area contributed by atoms with Gasteiger partial charge < -0.3 is 4.42 Å². The Morgan fingerprint density at radius 2 is 0.627 bits per heavy atom. The maximum absolute atomic E-state index is 6.47. The van der Waals surface area contributed by atoms with Gasteiger partial charge in [-0.15, -0.1) is 0 Å². The van der Waals surface area contributed by atoms with Crippen LogP contribution >= 0.6 is 0 Å². The van der Waals surface area contributed by atoms with E-state index in [0.717, 1.165) is 27.3 Å². The first-order chi connectivity index (χ1) is 25.3. The highest BCUT2D eigenvalue weighted by atomic mass is 16.3. The van der Waals surface area contributed by atoms with Crippen molar-refractivity contribution in [2.75, 3.05) is 0 Å². The molecular formula is C50H30O. The molecular weight excluding hydrogens is 617 g/mol. The van der Waals surface area contributed by atoms with Gasteiger partial charge in [0.25, 0.3) is 0 Å². The minimum absolute atomic E-state index is 0.922. The van der Waals surface area contributed by atoms with E-state index < -0.39 is 0 Å². The zero-order valence-corrected chi connectivity index (χ0v) is 27.7. The zero-order valence-electron chi connectivity index (χ0n) is 27.7. The Bertz CT molecular complexity index is 3130. The van der Waals surface area contributed by atoms with E-state index in [1.807, 2.05) is 6.07 Å². The van der Waals surface area contributed by atoms with E-state index in [9.17, 15) is 0 Å². The number of benzene rings is 10. The van der Waals surface area contributed by atoms with Gasteiger partial charge in [-0.3, -0.25) is 0 Å². The quantitative estimate of drug-likeness (QED) is 0.174. The lowest BCUT2D eigenvalue weighted by molar-refractivity contribution is 0.672. The molecule has 0 radical (unpaired) electrons. The standard InChI is InChI=1S/C50H30O/c1-2-15-32-31(13-1)14-11-24-39(32)48-40-19-5-7-21-42(40)49(43-22-8-6-20-41(43)48)44-29-27-36(33-16-3-4-17-35(33)44)34-23-12-25-45-37(34)28-30-46-38-18-9-10-26-47(38)51-50(45)46/h1-30H. The third-order valence-corrected chi connectivity index (χ3v) is 10.9. The van der Waals surface area contributed by atoms with Crippen LogP contribution in [0.15, 0.2) is 186 Å². The number of hydrogen-bond acceptors (Lipinski definition) is 1. The number of rotatable bonds is 3. The van der Waals surface area contributed by atoms with Crippen molar-refractivity contribution >= 4 is 75.8 Å². The summed E-state index contributed by atoms with van der Waals surface area (Å²) >= 11 is 0. The molecule has 0 amide bonds. The van der Waals surface area contributed by atoms with Gasteiger partial charge in [-0.1, -0.05) is 170 Å². The van der Waals surface area contributed by atoms with Crippen LogP contribution in [0.5, 0.6) is 0 Å². The van der Waals surface area contributed by atoms with Crippen molar-refractivity contribution < 1.29 is 4.42 Å². The molecule has 1 heteroatoms. The van der Waals surface area contributed by atoms with E-state index in [4.69, 9.17) is 4.42 Å². The molecule has 236 valence electrons. The minimum Gasteiger partial charge on any atom is -0.455 e. The van der Waals surface area contributed by atoms with E-state index in [1.165, 1.54) is 81.9 Å². The summed E-state index contributed by atoms with van der Waals surface area (Å²) in [4.78, 5) is 0. The van der Waals surface area contributed by atoms with Gasteiger partial charge in [0.15, 0.2) is 0 Å². The lowest BCUT2D eigenvalue weighted by Gasteiger charge is -2.20. The van der Waals surface area contributed by atoms with Gasteiger partial charge in [0, 0.05) is 16.2 Å². The lowest BCUT2D eigenvalue weighted by Crippen LogP contribution is -1.93. The predicted octanol–water partition coefficient (Wildman–Crippen LogP) is 14.4. The summed E-state index contributed by atoms with van der Waals surface area (Å²) in [5.74, 6) is 0. The highest BCUT2D eigenvalue weighted by Crippen LogP contribution is 2.48. The second kappa shape index (κ2) is 10.9. The van der Waals surface area contributed by atoms with Gasteiger partial charge in [-0.25, -0.2) is 0 Å². The highest BCUT2D eigenvalue weighted by Gasteiger charge is 2.20. The third kappa shape index (κ3) is 4.09. The van der Waals surface area contributed by atoms with Crippen molar-refractivity contribution in [2.24, 2.45) is 0 Å². The van der Waals surface area contributed by atoms with Crippen LogP contribution in [0.1, 0.15) is 0 Å². The molecule has 11 aromatic rings. The number of fused-ring (bicyclic) bond motifs is 9. The van der Waals surface area contributed by atoms with Gasteiger partial charge >= 0.3 is 0 Å². The van der Waals surface area contributed by atoms with E-state index in [1.54, 1.807) is 0 Å². The highest BCUT2D eigenvalue weighted by molar-refractivity contribution is 6.26. The molecule has 1 heterocycles. The van der Waals surface area contributed by atoms with Crippen molar-refractivity contribution in [2.45, 2.75) is 0 Å². The van der Waals surface area contributed by atoms with Gasteiger partial charge in [0.2, 0.25) is 0 Å². The van der Waals surface area contributed by atoms with E-state index in [2.05, 4.69) is 176 Å². The monoisotopic (exact) mass is 646 g/mol. The lowest BCUT2D eigenvalue weighted by atomic mass is 9.83. The molecule has 0 aliphatic rings. The molecule has 0 aliphatic carbocycles. The fraction of sp³-hybridized carbons (Fsp3) is 0. The van der Waals surface area contributed by atoms with Crippen LogP contribution in [-0.4, -0.2) is 0 Å². The maximum atomic E-state index is 6.47. The Morgan fingerprint density at radius 1 is 0.235 bits per heavy atom. The molecule has 1 nitrogen and oxygen atoms in total. The molecule has 0 fully saturated rings. The molecule has 0 unspecified atom stereocenters. The average molecular weight is 647 g/mol. The topological polar surface area (TPSA) is 13.1 Å². The normalized spacial score (nSPS) is 11.9. The first kappa shape index (κ1) is 28.2. The second-order valence-corrected chi connectivity index (χ2v) is 13.5. The fourth-order valence-corrected chi connectivity index (χ4v) is 8.68. The average Bonchev–Trinajstić information content (AvgIpc) is 3.59. The van der Waals surface area contributed by atoms with Crippen LogP contribution in [0.2, 0.25) is 0 Å². The molecule has 0 aliphatic heterocycles. The molecule has 0 bridgehead atoms. The summed E-state index contributed by atoms with van der Waals surface area (Å²) < 4.78 is 6.47. The SMILES string of the molecule is c1ccc2c(-c3c4ccccc4c(-c4ccc(-c5cccc6c5ccc5c7ccccc7oc65)c5ccccc45)c4ccccc34)cccc2c1. The van der Waals surface area contributed by atoms with Crippen molar-refractivity contribution in [1.82, 2.24) is 0 Å². The number of hydrogen-bond donors (Lipinski definition) is 0. The maximum Gasteiger partial charge on any atom is 0.143 e. The second-order valence-electron chi connectivity index (χ2n) is 13.5. The number of furan rings is 1. The summed E-state index contributed by atoms with van der Waals surface area (Å²) in [6.45, 7) is 0. The van der Waals surface area contributed by atoms with Gasteiger partial charge in [0.1, 0.15) is 11.2 Å². The van der Waals surface area contributed by atoms with Crippen molar-refractivity contribution in [1.29, 1.82) is 0 Å². The molecule has 10 aromatic carbocycles. The largest absolute Gasteiger partial charge is 0.455 e. The first-order valence-corrected chi connectivity index (χ1v) is 17.6. The number of para-hydroxylation sites is 1. The van der Waals surface area contributed by atoms with E-state index in [0.29, 0.717) is 0 Å². The van der Waals surface area contributed by atoms with Crippen LogP contribution in [0, 0.1) is 0 Å². The summed E-state index contributed by atoms with van der Waals surface area (Å²) in [6.07, 6.45) is 0. The molecule has 1 aromatic heterocycles. The summed E-state index contributed by atoms with van der Waals surface area (Å²) in [6, 6.07) is 66.3. The summed E-state index contributed by atoms with van der Waals surface area (Å²) in [7, 11) is 0. The third-order valence-electron chi connectivity index (χ3n) is 10.9. The Hall–Kier alpha value is -6.70. The molecule has 0 atom stereocenters. The zero-order chi connectivity index (χ0) is 33.5. The van der Waals surface area contributed by atoms with Crippen molar-refractivity contribution in [3.05, 3.63) is 182 Å². The van der Waals surface area contributed by atoms with Crippen LogP contribution in [0.3, 0.4) is 0 Å². The minimum atomic E-state index is 0.922. The van der Waals surface area contributed by atoms with Crippen molar-refractivity contribution in [3.8, 4) is 33.4 Å². The first-order valence-electron chi connectivity index (χ1n) is 17.6. The molecule has 51 heavy (non-hydrogen) atoms. The Balaban J connectivity index is 1.20. The van der Waals surface area contributed by atoms with Gasteiger partial charge in [-0.2, -0.15) is 0 Å². The van der Waals surface area contributed by atoms with Crippen LogP contribution < -0.4 is 0 Å². The summed E-state index contributed by atoms with van der Waals surface area (Å²) in [5, 5.41) is 14.7. The predicted molar refractivity (Wildman–Crippen MR) is 218 cm³/mol.